The molecule has 3 heterocycles. The molecular formula is C39H48F3N5O9S. The van der Waals surface area contributed by atoms with Crippen LogP contribution >= 0.6 is 0 Å². The zero-order valence-corrected chi connectivity index (χ0v) is 33.0. The van der Waals surface area contributed by atoms with E-state index in [1.54, 1.807) is 38.1 Å². The number of amides is 3. The second-order valence-corrected chi connectivity index (χ2v) is 18.7. The highest BCUT2D eigenvalue weighted by Gasteiger charge is 2.65. The fourth-order valence-corrected chi connectivity index (χ4v) is 9.03. The first-order valence-corrected chi connectivity index (χ1v) is 20.9. The number of halogens is 3. The van der Waals surface area contributed by atoms with Gasteiger partial charge in [0, 0.05) is 24.3 Å². The summed E-state index contributed by atoms with van der Waals surface area (Å²) in [6.07, 6.45) is 1.10. The summed E-state index contributed by atoms with van der Waals surface area (Å²) in [5.74, 6) is -3.97. The number of nitrogens with one attached hydrogen (secondary N) is 2. The molecule has 2 N–H and O–H groups in total. The molecule has 4 fully saturated rings. The lowest BCUT2D eigenvalue weighted by Crippen LogP contribution is -2.57. The summed E-state index contributed by atoms with van der Waals surface area (Å²) >= 11 is 0. The molecule has 7 rings (SSSR count). The number of ether oxygens (including phenoxy) is 3. The van der Waals surface area contributed by atoms with Gasteiger partial charge in [-0.1, -0.05) is 25.0 Å². The van der Waals surface area contributed by atoms with Crippen LogP contribution in [0.15, 0.2) is 30.4 Å². The number of nitrogens with zero attached hydrogens (tertiary/aromatic N) is 3. The maximum atomic E-state index is 14.5. The van der Waals surface area contributed by atoms with Crippen LogP contribution in [-0.4, -0.2) is 95.8 Å². The van der Waals surface area contributed by atoms with Gasteiger partial charge < -0.3 is 24.4 Å². The molecule has 18 heteroatoms. The fraction of sp³-hybridized carbons (Fsp3) is 0.641. The molecule has 310 valence electrons. The predicted molar refractivity (Wildman–Crippen MR) is 198 cm³/mol. The molecule has 2 aromatic rings. The Labute approximate surface area is 328 Å². The van der Waals surface area contributed by atoms with E-state index < -0.39 is 92.6 Å². The summed E-state index contributed by atoms with van der Waals surface area (Å²) < 4.78 is 84.9. The van der Waals surface area contributed by atoms with E-state index in [0.29, 0.717) is 61.0 Å². The number of aryl methyl sites for hydroxylation is 1. The molecule has 1 aromatic carbocycles. The number of rotatable bonds is 10. The second-order valence-electron chi connectivity index (χ2n) is 16.5. The normalized spacial score (nSPS) is 28.8. The Morgan fingerprint density at radius 3 is 2.51 bits per heavy atom. The third kappa shape index (κ3) is 8.28. The van der Waals surface area contributed by atoms with Crippen molar-refractivity contribution in [2.75, 3.05) is 20.3 Å². The third-order valence-electron chi connectivity index (χ3n) is 12.2. The number of allylic oxidation sites excluding steroid dienone is 1. The van der Waals surface area contributed by atoms with Crippen LogP contribution in [0.5, 0.6) is 11.6 Å². The molecule has 0 bridgehead atoms. The lowest BCUT2D eigenvalue weighted by molar-refractivity contribution is -0.203. The van der Waals surface area contributed by atoms with Gasteiger partial charge in [0.1, 0.15) is 41.2 Å². The number of aromatic nitrogens is 2. The minimum absolute atomic E-state index is 0.0608. The Balaban J connectivity index is 1.16. The summed E-state index contributed by atoms with van der Waals surface area (Å²) in [6.45, 7) is 2.29. The van der Waals surface area contributed by atoms with Gasteiger partial charge in [-0.05, 0) is 77.3 Å². The number of alkyl halides is 3. The fourth-order valence-electron chi connectivity index (χ4n) is 7.72. The SMILES string of the molecule is COc1ccc2nc(C)c(O[C@@H]3C[C@H]4C(=O)N[C@]5(C(=O)NS(=O)(=O)C6(C)CC6)C[C@H]5/C=C\CCCCC[C@H](CC(=O)OCC5(C(F)(F)F)CC5)C(=O)N4C3)nc2c1. The number of hydrogen-bond acceptors (Lipinski definition) is 11. The van der Waals surface area contributed by atoms with Crippen LogP contribution in [0.1, 0.15) is 89.7 Å². The van der Waals surface area contributed by atoms with Crippen LogP contribution in [0.2, 0.25) is 0 Å². The zero-order chi connectivity index (χ0) is 41.0. The van der Waals surface area contributed by atoms with Gasteiger partial charge in [-0.15, -0.1) is 0 Å². The van der Waals surface area contributed by atoms with Crippen molar-refractivity contribution < 1.29 is 55.0 Å². The van der Waals surface area contributed by atoms with Crippen LogP contribution < -0.4 is 19.5 Å². The number of sulfonamides is 1. The largest absolute Gasteiger partial charge is 0.497 e. The molecule has 57 heavy (non-hydrogen) atoms. The second kappa shape index (κ2) is 15.0. The molecule has 3 amide bonds. The first-order chi connectivity index (χ1) is 26.9. The number of carbonyl (C=O) groups excluding carboxylic acids is 4. The number of carbonyl (C=O) groups is 4. The van der Waals surface area contributed by atoms with Crippen molar-refractivity contribution in [3.63, 3.8) is 0 Å². The van der Waals surface area contributed by atoms with E-state index in [-0.39, 0.29) is 44.5 Å². The van der Waals surface area contributed by atoms with Crippen LogP contribution in [0.3, 0.4) is 0 Å². The molecule has 0 unspecified atom stereocenters. The van der Waals surface area contributed by atoms with Crippen molar-refractivity contribution in [1.82, 2.24) is 24.9 Å². The van der Waals surface area contributed by atoms with Crippen molar-refractivity contribution >= 4 is 44.7 Å². The van der Waals surface area contributed by atoms with Gasteiger partial charge in [-0.2, -0.15) is 13.2 Å². The summed E-state index contributed by atoms with van der Waals surface area (Å²) in [4.78, 5) is 66.3. The van der Waals surface area contributed by atoms with E-state index in [9.17, 15) is 40.8 Å². The minimum Gasteiger partial charge on any atom is -0.497 e. The zero-order valence-electron chi connectivity index (χ0n) is 32.2. The first kappa shape index (κ1) is 40.7. The summed E-state index contributed by atoms with van der Waals surface area (Å²) in [6, 6.07) is 3.94. The van der Waals surface area contributed by atoms with Crippen LogP contribution in [-0.2, 0) is 33.9 Å². The highest BCUT2D eigenvalue weighted by atomic mass is 32.2. The lowest BCUT2D eigenvalue weighted by Gasteiger charge is -2.29. The highest BCUT2D eigenvalue weighted by Crippen LogP contribution is 2.57. The maximum Gasteiger partial charge on any atom is 0.397 e. The number of esters is 1. The third-order valence-corrected chi connectivity index (χ3v) is 14.4. The van der Waals surface area contributed by atoms with Crippen molar-refractivity contribution in [3.05, 3.63) is 36.0 Å². The van der Waals surface area contributed by atoms with Gasteiger partial charge in [0.15, 0.2) is 0 Å². The van der Waals surface area contributed by atoms with Gasteiger partial charge in [0.05, 0.1) is 35.9 Å². The van der Waals surface area contributed by atoms with Gasteiger partial charge in [-0.25, -0.2) is 18.4 Å². The average molecular weight is 820 g/mol. The van der Waals surface area contributed by atoms with Gasteiger partial charge >= 0.3 is 12.1 Å². The molecule has 2 aliphatic heterocycles. The van der Waals surface area contributed by atoms with E-state index in [0.717, 1.165) is 0 Å². The smallest absolute Gasteiger partial charge is 0.397 e. The van der Waals surface area contributed by atoms with Crippen molar-refractivity contribution in [2.45, 2.75) is 120 Å². The lowest BCUT2D eigenvalue weighted by atomic mass is 9.95. The minimum atomic E-state index is -4.53. The van der Waals surface area contributed by atoms with E-state index in [2.05, 4.69) is 20.0 Å². The quantitative estimate of drug-likeness (QED) is 0.253. The van der Waals surface area contributed by atoms with Crippen molar-refractivity contribution in [1.29, 1.82) is 0 Å². The number of methoxy groups -OCH3 is 1. The van der Waals surface area contributed by atoms with Crippen molar-refractivity contribution in [3.8, 4) is 11.6 Å². The van der Waals surface area contributed by atoms with Crippen LogP contribution in [0, 0.1) is 24.2 Å². The van der Waals surface area contributed by atoms with Gasteiger partial charge in [-0.3, -0.25) is 23.9 Å². The molecule has 5 atom stereocenters. The van der Waals surface area contributed by atoms with Crippen LogP contribution in [0.4, 0.5) is 13.2 Å². The molecule has 0 spiro atoms. The monoisotopic (exact) mass is 819 g/mol. The molecular weight excluding hydrogens is 772 g/mol. The Kier molecular flexibility index (Phi) is 10.7. The topological polar surface area (TPSA) is 183 Å². The highest BCUT2D eigenvalue weighted by molar-refractivity contribution is 7.91. The first-order valence-electron chi connectivity index (χ1n) is 19.5. The Hall–Kier alpha value is -4.48. The molecule has 3 saturated carbocycles. The molecule has 5 aliphatic rings. The molecule has 14 nitrogen and oxygen atoms in total. The van der Waals surface area contributed by atoms with E-state index in [1.165, 1.54) is 12.0 Å². The summed E-state index contributed by atoms with van der Waals surface area (Å²) in [5, 5.41) is 2.81. The Bertz CT molecular complexity index is 2090. The molecule has 1 aromatic heterocycles. The summed E-state index contributed by atoms with van der Waals surface area (Å²) in [7, 11) is -2.53. The Morgan fingerprint density at radius 1 is 1.07 bits per heavy atom. The van der Waals surface area contributed by atoms with Crippen LogP contribution in [0.25, 0.3) is 11.0 Å². The summed E-state index contributed by atoms with van der Waals surface area (Å²) in [5.41, 5.74) is -2.17. The average Bonchev–Trinajstić information content (AvgIpc) is 4.10. The van der Waals surface area contributed by atoms with E-state index in [4.69, 9.17) is 14.2 Å². The van der Waals surface area contributed by atoms with E-state index in [1.807, 2.05) is 6.08 Å². The predicted octanol–water partition coefficient (Wildman–Crippen LogP) is 4.58. The molecule has 3 aliphatic carbocycles. The number of fused-ring (bicyclic) bond motifs is 3. The number of hydrogen-bond donors (Lipinski definition) is 2. The van der Waals surface area contributed by atoms with Gasteiger partial charge in [0.2, 0.25) is 27.7 Å². The standard InChI is InChI=1S/C39H48F3N5O9S/c1-23-33(44-29-18-26(54-3)11-12-28(29)43-23)56-27-19-30-32(49)45-38(35(51)46-57(52,53)36(2)13-14-36)20-25(38)10-8-6-4-5-7-9-24(34(50)47(30)21-27)17-31(48)55-22-37(15-16-37)39(40,41)42/h8,10-12,18,24-25,27,30H,4-7,9,13-17,19-22H2,1-3H3,(H,45,49)(H,46,51)/b10-8-/t24-,25-,27-,30+,38-/m1/s1. The molecule has 1 saturated heterocycles. The molecule has 0 radical (unpaired) electrons. The maximum absolute atomic E-state index is 14.5. The van der Waals surface area contributed by atoms with Crippen molar-refractivity contribution in [2.24, 2.45) is 17.3 Å². The Morgan fingerprint density at radius 2 is 1.82 bits per heavy atom. The van der Waals surface area contributed by atoms with Gasteiger partial charge in [0.25, 0.3) is 5.91 Å². The van der Waals surface area contributed by atoms with E-state index >= 15 is 0 Å². The number of benzene rings is 1.